The quantitative estimate of drug-likeness (QED) is 0.287. The Morgan fingerprint density at radius 3 is 2.50 bits per heavy atom. The van der Waals surface area contributed by atoms with Crippen molar-refractivity contribution in [1.82, 2.24) is 20.5 Å². The van der Waals surface area contributed by atoms with Crippen molar-refractivity contribution in [1.29, 1.82) is 0 Å². The smallest absolute Gasteiger partial charge is 0.242 e. The number of aryl methyl sites for hydroxylation is 1. The fourth-order valence-electron chi connectivity index (χ4n) is 6.67. The maximum absolute atomic E-state index is 13.6. The molecule has 1 saturated heterocycles. The third kappa shape index (κ3) is 7.65. The van der Waals surface area contributed by atoms with Crippen LogP contribution in [0, 0.1) is 6.92 Å². The molecule has 2 heterocycles. The Balaban J connectivity index is 1.42. The first-order valence-corrected chi connectivity index (χ1v) is 15.3. The molecule has 1 aliphatic carbocycles. The van der Waals surface area contributed by atoms with Gasteiger partial charge in [0.05, 0.1) is 13.5 Å². The highest BCUT2D eigenvalue weighted by atomic mass is 16.5. The lowest BCUT2D eigenvalue weighted by Crippen LogP contribution is -2.57. The Bertz CT molecular complexity index is 1160. The molecule has 1 aromatic carbocycles. The summed E-state index contributed by atoms with van der Waals surface area (Å²) in [4.78, 5) is 44.2. The number of benzene rings is 1. The van der Waals surface area contributed by atoms with E-state index in [9.17, 15) is 14.4 Å². The number of unbranched alkanes of at least 4 members (excludes halogenated alkanes) is 2. The Morgan fingerprint density at radius 1 is 1.05 bits per heavy atom. The van der Waals surface area contributed by atoms with Crippen LogP contribution in [0.3, 0.4) is 0 Å². The largest absolute Gasteiger partial charge is 0.497 e. The monoisotopic (exact) mass is 552 g/mol. The fraction of sp³-hybridized carbons (Fsp3) is 0.656. The summed E-state index contributed by atoms with van der Waals surface area (Å²) in [5, 5.41) is 7.30. The van der Waals surface area contributed by atoms with Gasteiger partial charge >= 0.3 is 0 Å². The van der Waals surface area contributed by atoms with Gasteiger partial charge in [-0.15, -0.1) is 0 Å². The summed E-state index contributed by atoms with van der Waals surface area (Å²) in [6.07, 6.45) is 12.2. The zero-order valence-electron chi connectivity index (χ0n) is 24.7. The predicted octanol–water partition coefficient (Wildman–Crippen LogP) is 4.97. The number of aromatic nitrogens is 1. The van der Waals surface area contributed by atoms with E-state index in [-0.39, 0.29) is 29.6 Å². The van der Waals surface area contributed by atoms with Crippen molar-refractivity contribution in [3.8, 4) is 5.75 Å². The number of ketones is 1. The van der Waals surface area contributed by atoms with Crippen LogP contribution in [0.5, 0.6) is 5.75 Å². The number of nitrogens with one attached hydrogen (secondary N) is 3. The second-order valence-electron chi connectivity index (χ2n) is 11.9. The molecule has 1 unspecified atom stereocenters. The maximum atomic E-state index is 13.6. The molecule has 2 fully saturated rings. The summed E-state index contributed by atoms with van der Waals surface area (Å²) in [5.74, 6) is 0.668. The van der Waals surface area contributed by atoms with Crippen molar-refractivity contribution in [2.24, 2.45) is 0 Å². The number of methoxy groups -OCH3 is 1. The number of likely N-dealkylation sites (tertiary alicyclic amines) is 1. The molecule has 2 amide bonds. The van der Waals surface area contributed by atoms with Crippen molar-refractivity contribution in [3.05, 3.63) is 29.5 Å². The minimum absolute atomic E-state index is 0.0479. The summed E-state index contributed by atoms with van der Waals surface area (Å²) >= 11 is 0. The molecule has 2 aliphatic rings. The number of nitrogens with zero attached hydrogens (tertiary/aromatic N) is 1. The van der Waals surface area contributed by atoms with Crippen molar-refractivity contribution >= 4 is 28.5 Å². The van der Waals surface area contributed by atoms with Gasteiger partial charge in [-0.25, -0.2) is 0 Å². The van der Waals surface area contributed by atoms with E-state index in [1.165, 1.54) is 32.1 Å². The van der Waals surface area contributed by atoms with Crippen LogP contribution in [0.25, 0.3) is 10.9 Å². The van der Waals surface area contributed by atoms with Crippen LogP contribution in [-0.2, 0) is 20.8 Å². The summed E-state index contributed by atoms with van der Waals surface area (Å²) in [6, 6.07) is 5.21. The van der Waals surface area contributed by atoms with E-state index >= 15 is 0 Å². The molecule has 0 spiro atoms. The van der Waals surface area contributed by atoms with Crippen LogP contribution in [0.1, 0.15) is 95.2 Å². The highest BCUT2D eigenvalue weighted by Gasteiger charge is 2.40. The molecule has 8 nitrogen and oxygen atoms in total. The summed E-state index contributed by atoms with van der Waals surface area (Å²) in [5.41, 5.74) is 2.86. The number of Topliss-reactive ketones (excluding diaryl/α,β-unsaturated/α-hetero) is 1. The van der Waals surface area contributed by atoms with Crippen LogP contribution in [0.4, 0.5) is 0 Å². The third-order valence-corrected chi connectivity index (χ3v) is 8.99. The maximum Gasteiger partial charge on any atom is 0.242 e. The standard InChI is InChI=1S/C32H48N4O4/c1-23(37)12-6-4-7-13-29(31(39)33-22-32(16-8-9-17-32)36-18-10-5-11-19-36)35-30(38)21-26-24(2)34-28-15-14-25(40-3)20-27(26)28/h14-15,20,29,34H,4-13,16-19,21-22H2,1-3H3,(H,33,39)(H,35,38). The van der Waals surface area contributed by atoms with E-state index in [1.807, 2.05) is 25.1 Å². The third-order valence-electron chi connectivity index (χ3n) is 8.99. The zero-order chi connectivity index (χ0) is 28.5. The average Bonchev–Trinajstić information content (AvgIpc) is 3.56. The number of carbonyl (C=O) groups is 3. The average molecular weight is 553 g/mol. The molecule has 1 saturated carbocycles. The number of hydrogen-bond donors (Lipinski definition) is 3. The SMILES string of the molecule is COc1ccc2[nH]c(C)c(CC(=O)NC(CCCCCC(C)=O)C(=O)NCC3(N4CCCCC4)CCCC3)c2c1. The zero-order valence-corrected chi connectivity index (χ0v) is 24.7. The fourth-order valence-corrected chi connectivity index (χ4v) is 6.67. The number of ether oxygens (including phenoxy) is 1. The topological polar surface area (TPSA) is 104 Å². The summed E-state index contributed by atoms with van der Waals surface area (Å²) in [6.45, 7) is 6.45. The molecule has 0 bridgehead atoms. The number of carbonyl (C=O) groups excluding carboxylic acids is 3. The summed E-state index contributed by atoms with van der Waals surface area (Å²) < 4.78 is 5.40. The molecule has 3 N–H and O–H groups in total. The predicted molar refractivity (Wildman–Crippen MR) is 159 cm³/mol. The van der Waals surface area contributed by atoms with Gasteiger partial charge in [-0.05, 0) is 89.2 Å². The molecule has 1 aromatic heterocycles. The molecule has 1 atom stereocenters. The minimum Gasteiger partial charge on any atom is -0.497 e. The van der Waals surface area contributed by atoms with Gasteiger partial charge in [0, 0.05) is 35.1 Å². The molecule has 1 aliphatic heterocycles. The van der Waals surface area contributed by atoms with Crippen LogP contribution >= 0.6 is 0 Å². The molecule has 2 aromatic rings. The van der Waals surface area contributed by atoms with Crippen molar-refractivity contribution in [2.75, 3.05) is 26.7 Å². The van der Waals surface area contributed by atoms with Gasteiger partial charge in [-0.1, -0.05) is 32.1 Å². The van der Waals surface area contributed by atoms with Crippen LogP contribution < -0.4 is 15.4 Å². The highest BCUT2D eigenvalue weighted by Crippen LogP contribution is 2.36. The number of aromatic amines is 1. The van der Waals surface area contributed by atoms with E-state index in [0.29, 0.717) is 19.4 Å². The van der Waals surface area contributed by atoms with Gasteiger partial charge in [0.1, 0.15) is 17.6 Å². The number of rotatable bonds is 14. The first-order chi connectivity index (χ1) is 19.3. The number of piperidine rings is 1. The first kappa shape index (κ1) is 30.1. The Hall–Kier alpha value is -2.87. The van der Waals surface area contributed by atoms with E-state index in [1.54, 1.807) is 14.0 Å². The molecule has 40 heavy (non-hydrogen) atoms. The van der Waals surface area contributed by atoms with E-state index < -0.39 is 6.04 Å². The number of amides is 2. The van der Waals surface area contributed by atoms with Crippen molar-refractivity contribution < 1.29 is 19.1 Å². The van der Waals surface area contributed by atoms with E-state index in [2.05, 4.69) is 20.5 Å². The highest BCUT2D eigenvalue weighted by molar-refractivity contribution is 5.93. The lowest BCUT2D eigenvalue weighted by molar-refractivity contribution is -0.129. The Kier molecular flexibility index (Phi) is 10.6. The van der Waals surface area contributed by atoms with Crippen molar-refractivity contribution in [2.45, 2.75) is 109 Å². The van der Waals surface area contributed by atoms with E-state index in [4.69, 9.17) is 4.74 Å². The van der Waals surface area contributed by atoms with Crippen LogP contribution in [-0.4, -0.2) is 65.8 Å². The number of fused-ring (bicyclic) bond motifs is 1. The first-order valence-electron chi connectivity index (χ1n) is 15.3. The Labute approximate surface area is 239 Å². The van der Waals surface area contributed by atoms with E-state index in [0.717, 1.165) is 73.1 Å². The molecular formula is C32H48N4O4. The summed E-state index contributed by atoms with van der Waals surface area (Å²) in [7, 11) is 1.63. The normalized spacial score (nSPS) is 18.0. The van der Waals surface area contributed by atoms with Gasteiger partial charge in [0.25, 0.3) is 0 Å². The second kappa shape index (κ2) is 14.2. The minimum atomic E-state index is -0.593. The lowest BCUT2D eigenvalue weighted by Gasteiger charge is -2.44. The molecule has 4 rings (SSSR count). The lowest BCUT2D eigenvalue weighted by atomic mass is 9.92. The molecular weight excluding hydrogens is 504 g/mol. The molecule has 8 heteroatoms. The molecule has 220 valence electrons. The van der Waals surface area contributed by atoms with Gasteiger partial charge < -0.3 is 25.1 Å². The van der Waals surface area contributed by atoms with Crippen LogP contribution in [0.15, 0.2) is 18.2 Å². The van der Waals surface area contributed by atoms with Gasteiger partial charge in [-0.3, -0.25) is 14.5 Å². The van der Waals surface area contributed by atoms with Crippen molar-refractivity contribution in [3.63, 3.8) is 0 Å². The molecule has 0 radical (unpaired) electrons. The Morgan fingerprint density at radius 2 is 1.80 bits per heavy atom. The van der Waals surface area contributed by atoms with Crippen LogP contribution in [0.2, 0.25) is 0 Å². The number of H-pyrrole nitrogens is 1. The van der Waals surface area contributed by atoms with Gasteiger partial charge in [-0.2, -0.15) is 0 Å². The van der Waals surface area contributed by atoms with Gasteiger partial charge in [0.2, 0.25) is 11.8 Å². The van der Waals surface area contributed by atoms with Gasteiger partial charge in [0.15, 0.2) is 0 Å². The number of hydrogen-bond acceptors (Lipinski definition) is 5. The second-order valence-corrected chi connectivity index (χ2v) is 11.9.